The molecule has 2 rings (SSSR count). The lowest BCUT2D eigenvalue weighted by Crippen LogP contribution is -2.23. The number of rotatable bonds is 6. The summed E-state index contributed by atoms with van der Waals surface area (Å²) in [5.41, 5.74) is 1.78. The van der Waals surface area contributed by atoms with Gasteiger partial charge in [0.25, 0.3) is 5.91 Å². The summed E-state index contributed by atoms with van der Waals surface area (Å²) in [7, 11) is 0. The average Bonchev–Trinajstić information content (AvgIpc) is 2.85. The van der Waals surface area contributed by atoms with Crippen LogP contribution in [0.4, 0.5) is 0 Å². The fourth-order valence-corrected chi connectivity index (χ4v) is 2.00. The fourth-order valence-electron chi connectivity index (χ4n) is 2.00. The van der Waals surface area contributed by atoms with Gasteiger partial charge in [-0.15, -0.1) is 0 Å². The Hall–Kier alpha value is -2.07. The van der Waals surface area contributed by atoms with Crippen molar-refractivity contribution in [1.82, 2.24) is 10.6 Å². The van der Waals surface area contributed by atoms with Crippen LogP contribution in [0.3, 0.4) is 0 Å². The van der Waals surface area contributed by atoms with Crippen molar-refractivity contribution in [3.63, 3.8) is 0 Å². The number of furan rings is 1. The molecule has 1 aromatic heterocycles. The zero-order chi connectivity index (χ0) is 14.4. The molecule has 0 radical (unpaired) electrons. The monoisotopic (exact) mass is 272 g/mol. The molecule has 2 N–H and O–H groups in total. The van der Waals surface area contributed by atoms with Gasteiger partial charge in [0.15, 0.2) is 0 Å². The zero-order valence-corrected chi connectivity index (χ0v) is 11.9. The van der Waals surface area contributed by atoms with E-state index in [1.807, 2.05) is 50.2 Å². The van der Waals surface area contributed by atoms with E-state index in [1.54, 1.807) is 0 Å². The molecule has 0 aliphatic heterocycles. The number of hydrogen-bond donors (Lipinski definition) is 2. The minimum absolute atomic E-state index is 0.0315. The summed E-state index contributed by atoms with van der Waals surface area (Å²) in [6.45, 7) is 5.86. The van der Waals surface area contributed by atoms with Gasteiger partial charge < -0.3 is 15.1 Å². The van der Waals surface area contributed by atoms with E-state index >= 15 is 0 Å². The first-order chi connectivity index (χ1) is 9.69. The maximum absolute atomic E-state index is 11.7. The molecular weight excluding hydrogens is 252 g/mol. The lowest BCUT2D eigenvalue weighted by Gasteiger charge is -2.06. The van der Waals surface area contributed by atoms with Crippen molar-refractivity contribution in [1.29, 1.82) is 0 Å². The van der Waals surface area contributed by atoms with Crippen LogP contribution in [0.25, 0.3) is 0 Å². The second-order valence-electron chi connectivity index (χ2n) is 4.68. The first-order valence-electron chi connectivity index (χ1n) is 6.82. The number of aryl methyl sites for hydroxylation is 1. The van der Waals surface area contributed by atoms with Crippen molar-refractivity contribution < 1.29 is 9.21 Å². The van der Waals surface area contributed by atoms with E-state index in [4.69, 9.17) is 4.42 Å². The van der Waals surface area contributed by atoms with Crippen LogP contribution in [0.15, 0.2) is 40.8 Å². The van der Waals surface area contributed by atoms with Crippen molar-refractivity contribution in [3.8, 4) is 0 Å². The summed E-state index contributed by atoms with van der Waals surface area (Å²) >= 11 is 0. The molecule has 0 spiro atoms. The molecule has 0 fully saturated rings. The lowest BCUT2D eigenvalue weighted by molar-refractivity contribution is 0.0955. The van der Waals surface area contributed by atoms with Gasteiger partial charge in [-0.3, -0.25) is 4.79 Å². The molecule has 0 aliphatic rings. The van der Waals surface area contributed by atoms with E-state index in [2.05, 4.69) is 10.6 Å². The highest BCUT2D eigenvalue weighted by molar-refractivity contribution is 5.94. The molecule has 0 aliphatic carbocycles. The van der Waals surface area contributed by atoms with Crippen molar-refractivity contribution in [3.05, 3.63) is 59.0 Å². The van der Waals surface area contributed by atoms with Gasteiger partial charge in [0.1, 0.15) is 11.5 Å². The van der Waals surface area contributed by atoms with Gasteiger partial charge in [0.05, 0.1) is 6.54 Å². The van der Waals surface area contributed by atoms with Gasteiger partial charge in [0, 0.05) is 18.7 Å². The third-order valence-corrected chi connectivity index (χ3v) is 2.95. The molecule has 0 saturated heterocycles. The molecule has 2 aromatic rings. The zero-order valence-electron chi connectivity index (χ0n) is 11.9. The smallest absolute Gasteiger partial charge is 0.251 e. The Labute approximate surface area is 119 Å². The van der Waals surface area contributed by atoms with Crippen molar-refractivity contribution in [2.24, 2.45) is 0 Å². The van der Waals surface area contributed by atoms with Gasteiger partial charge in [-0.05, 0) is 43.7 Å². The van der Waals surface area contributed by atoms with Crippen LogP contribution in [0.5, 0.6) is 0 Å². The van der Waals surface area contributed by atoms with Gasteiger partial charge in [0.2, 0.25) is 0 Å². The molecule has 20 heavy (non-hydrogen) atoms. The SMILES string of the molecule is CCNC(=O)c1cccc(CNCc2ccc(C)o2)c1. The molecule has 1 heterocycles. The first-order valence-corrected chi connectivity index (χ1v) is 6.82. The Balaban J connectivity index is 1.89. The van der Waals surface area contributed by atoms with Crippen LogP contribution < -0.4 is 10.6 Å². The molecule has 0 saturated carbocycles. The second-order valence-corrected chi connectivity index (χ2v) is 4.68. The molecular formula is C16H20N2O2. The van der Waals surface area contributed by atoms with Crippen LogP contribution in [0, 0.1) is 6.92 Å². The predicted octanol–water partition coefficient (Wildman–Crippen LogP) is 2.63. The minimum Gasteiger partial charge on any atom is -0.465 e. The summed E-state index contributed by atoms with van der Waals surface area (Å²) in [5.74, 6) is 1.80. The molecule has 4 heteroatoms. The number of carbonyl (C=O) groups is 1. The maximum Gasteiger partial charge on any atom is 0.251 e. The number of hydrogen-bond acceptors (Lipinski definition) is 3. The third-order valence-electron chi connectivity index (χ3n) is 2.95. The van der Waals surface area contributed by atoms with Crippen LogP contribution in [0.1, 0.15) is 34.4 Å². The molecule has 106 valence electrons. The summed E-state index contributed by atoms with van der Waals surface area (Å²) < 4.78 is 5.49. The quantitative estimate of drug-likeness (QED) is 0.850. The Morgan fingerprint density at radius 1 is 1.20 bits per heavy atom. The van der Waals surface area contributed by atoms with E-state index in [0.717, 1.165) is 17.1 Å². The maximum atomic E-state index is 11.7. The largest absolute Gasteiger partial charge is 0.465 e. The van der Waals surface area contributed by atoms with E-state index in [0.29, 0.717) is 25.2 Å². The van der Waals surface area contributed by atoms with Crippen LogP contribution in [-0.4, -0.2) is 12.5 Å². The van der Waals surface area contributed by atoms with Gasteiger partial charge in [-0.25, -0.2) is 0 Å². The van der Waals surface area contributed by atoms with Crippen LogP contribution >= 0.6 is 0 Å². The van der Waals surface area contributed by atoms with E-state index in [9.17, 15) is 4.79 Å². The molecule has 0 unspecified atom stereocenters. The highest BCUT2D eigenvalue weighted by atomic mass is 16.3. The number of benzene rings is 1. The van der Waals surface area contributed by atoms with Crippen molar-refractivity contribution in [2.75, 3.05) is 6.54 Å². The summed E-state index contributed by atoms with van der Waals surface area (Å²) in [6.07, 6.45) is 0. The highest BCUT2D eigenvalue weighted by Crippen LogP contribution is 2.08. The lowest BCUT2D eigenvalue weighted by atomic mass is 10.1. The predicted molar refractivity (Wildman–Crippen MR) is 78.4 cm³/mol. The van der Waals surface area contributed by atoms with Crippen molar-refractivity contribution in [2.45, 2.75) is 26.9 Å². The molecule has 0 atom stereocenters. The molecule has 0 bridgehead atoms. The van der Waals surface area contributed by atoms with Gasteiger partial charge in [-0.1, -0.05) is 12.1 Å². The Morgan fingerprint density at radius 2 is 2.05 bits per heavy atom. The normalized spacial score (nSPS) is 10.5. The molecule has 4 nitrogen and oxygen atoms in total. The topological polar surface area (TPSA) is 54.3 Å². The third kappa shape index (κ3) is 3.96. The summed E-state index contributed by atoms with van der Waals surface area (Å²) in [4.78, 5) is 11.7. The van der Waals surface area contributed by atoms with E-state index in [-0.39, 0.29) is 5.91 Å². The highest BCUT2D eigenvalue weighted by Gasteiger charge is 2.04. The fraction of sp³-hybridized carbons (Fsp3) is 0.312. The van der Waals surface area contributed by atoms with E-state index in [1.165, 1.54) is 0 Å². The second kappa shape index (κ2) is 6.91. The van der Waals surface area contributed by atoms with Crippen molar-refractivity contribution >= 4 is 5.91 Å². The number of amides is 1. The first kappa shape index (κ1) is 14.3. The summed E-state index contributed by atoms with van der Waals surface area (Å²) in [6, 6.07) is 11.6. The van der Waals surface area contributed by atoms with E-state index < -0.39 is 0 Å². The number of carbonyl (C=O) groups excluding carboxylic acids is 1. The van der Waals surface area contributed by atoms with Crippen LogP contribution in [0.2, 0.25) is 0 Å². The Bertz CT molecular complexity index is 575. The standard InChI is InChI=1S/C16H20N2O2/c1-3-18-16(19)14-6-4-5-13(9-14)10-17-11-15-8-7-12(2)20-15/h4-9,17H,3,10-11H2,1-2H3,(H,18,19). The van der Waals surface area contributed by atoms with Gasteiger partial charge >= 0.3 is 0 Å². The van der Waals surface area contributed by atoms with Gasteiger partial charge in [-0.2, -0.15) is 0 Å². The van der Waals surface area contributed by atoms with Crippen LogP contribution in [-0.2, 0) is 13.1 Å². The number of nitrogens with one attached hydrogen (secondary N) is 2. The minimum atomic E-state index is -0.0315. The molecule has 1 amide bonds. The Kier molecular flexibility index (Phi) is 4.96. The Morgan fingerprint density at radius 3 is 2.75 bits per heavy atom. The molecule has 1 aromatic carbocycles. The average molecular weight is 272 g/mol. The summed E-state index contributed by atoms with van der Waals surface area (Å²) in [5, 5.41) is 6.10.